The Morgan fingerprint density at radius 1 is 1.03 bits per heavy atom. The number of piperidine rings is 1. The van der Waals surface area contributed by atoms with Crippen molar-refractivity contribution in [2.75, 3.05) is 33.2 Å². The van der Waals surface area contributed by atoms with Crippen molar-refractivity contribution in [1.82, 2.24) is 15.1 Å². The van der Waals surface area contributed by atoms with Gasteiger partial charge in [0.05, 0.1) is 6.07 Å². The minimum absolute atomic E-state index is 0.137. The van der Waals surface area contributed by atoms with E-state index in [4.69, 9.17) is 4.74 Å². The predicted molar refractivity (Wildman–Crippen MR) is 137 cm³/mol. The van der Waals surface area contributed by atoms with E-state index in [0.717, 1.165) is 0 Å². The number of nitrogens with one attached hydrogen (secondary N) is 1. The van der Waals surface area contributed by atoms with Gasteiger partial charge in [-0.1, -0.05) is 12.1 Å². The van der Waals surface area contributed by atoms with Crippen LogP contribution in [0.2, 0.25) is 0 Å². The monoisotopic (exact) mass is 536 g/mol. The van der Waals surface area contributed by atoms with Crippen molar-refractivity contribution < 1.29 is 27.9 Å². The molecule has 1 aliphatic carbocycles. The number of hydrogen-bond donors (Lipinski definition) is 1. The topological polar surface area (TPSA) is 103 Å². The third-order valence-corrected chi connectivity index (χ3v) is 8.44. The number of halogens is 2. The molecule has 204 valence electrons. The molecule has 0 aromatic heterocycles. The molecule has 0 bridgehead atoms. The summed E-state index contributed by atoms with van der Waals surface area (Å²) >= 11 is 0. The van der Waals surface area contributed by atoms with E-state index in [1.54, 1.807) is 17.0 Å². The van der Waals surface area contributed by atoms with Crippen LogP contribution in [0.25, 0.3) is 0 Å². The van der Waals surface area contributed by atoms with Crippen LogP contribution in [0.3, 0.4) is 0 Å². The molecule has 2 atom stereocenters. The summed E-state index contributed by atoms with van der Waals surface area (Å²) in [4.78, 5) is 43.6. The lowest BCUT2D eigenvalue weighted by molar-refractivity contribution is -0.141. The summed E-state index contributed by atoms with van der Waals surface area (Å²) in [5.41, 5.74) is -1.55. The molecule has 1 saturated carbocycles. The maximum Gasteiger partial charge on any atom is 0.415 e. The Bertz CT molecular complexity index is 1300. The third-order valence-electron chi connectivity index (χ3n) is 8.44. The van der Waals surface area contributed by atoms with Gasteiger partial charge in [0.2, 0.25) is 5.91 Å². The maximum atomic E-state index is 14.4. The predicted octanol–water partition coefficient (Wildman–Crippen LogP) is 3.63. The Hall–Kier alpha value is -3.84. The lowest BCUT2D eigenvalue weighted by Gasteiger charge is -2.44. The molecule has 2 amide bonds. The number of hydrogen-bond acceptors (Lipinski definition) is 6. The average Bonchev–Trinajstić information content (AvgIpc) is 3.64. The first-order chi connectivity index (χ1) is 18.7. The second kappa shape index (κ2) is 10.4. The molecule has 8 nitrogen and oxygen atoms in total. The fraction of sp³-hybridized carbons (Fsp3) is 0.448. The molecule has 0 radical (unpaired) electrons. The van der Waals surface area contributed by atoms with Gasteiger partial charge in [-0.25, -0.2) is 13.6 Å². The van der Waals surface area contributed by atoms with E-state index in [1.165, 1.54) is 48.3 Å². The highest BCUT2D eigenvalue weighted by molar-refractivity contribution is 5.96. The van der Waals surface area contributed by atoms with E-state index < -0.39 is 40.5 Å². The number of carbonyl (C=O) groups excluding carboxylic acids is 3. The molecule has 5 rings (SSSR count). The van der Waals surface area contributed by atoms with Crippen molar-refractivity contribution in [3.05, 3.63) is 65.7 Å². The van der Waals surface area contributed by atoms with Crippen molar-refractivity contribution in [3.63, 3.8) is 0 Å². The SMILES string of the molecule is CN(C(=O)Oc1ccc(F)cc1)[C@]1(C(=O)C2CCN(C(=O)C3(C#N)CC3)CC2)CNC[C@H]1c1ccc(F)cc1. The summed E-state index contributed by atoms with van der Waals surface area (Å²) in [6.07, 6.45) is 1.17. The molecule has 39 heavy (non-hydrogen) atoms. The van der Waals surface area contributed by atoms with Crippen molar-refractivity contribution in [2.24, 2.45) is 11.3 Å². The fourth-order valence-corrected chi connectivity index (χ4v) is 5.90. The first kappa shape index (κ1) is 26.8. The average molecular weight is 537 g/mol. The summed E-state index contributed by atoms with van der Waals surface area (Å²) in [5.74, 6) is -1.99. The molecule has 2 aromatic rings. The first-order valence-corrected chi connectivity index (χ1v) is 13.1. The summed E-state index contributed by atoms with van der Waals surface area (Å²) in [6.45, 7) is 1.26. The van der Waals surface area contributed by atoms with Gasteiger partial charge in [-0.05, 0) is 67.6 Å². The van der Waals surface area contributed by atoms with Crippen LogP contribution < -0.4 is 10.1 Å². The molecule has 10 heteroatoms. The van der Waals surface area contributed by atoms with Crippen molar-refractivity contribution >= 4 is 17.8 Å². The summed E-state index contributed by atoms with van der Waals surface area (Å²) < 4.78 is 32.6. The lowest BCUT2D eigenvalue weighted by atomic mass is 9.72. The number of ether oxygens (including phenoxy) is 1. The number of Topliss-reactive ketones (excluding diaryl/α,β-unsaturated/α-hetero) is 1. The minimum atomic E-state index is -1.34. The van der Waals surface area contributed by atoms with Gasteiger partial charge < -0.3 is 15.0 Å². The summed E-state index contributed by atoms with van der Waals surface area (Å²) in [6, 6.07) is 13.0. The standard InChI is InChI=1S/C29H30F2N4O4/c1-34(27(38)39-23-8-6-22(31)7-9-23)29(18-33-16-24(29)19-2-4-21(30)5-3-19)25(36)20-10-14-35(15-11-20)26(37)28(17-32)12-13-28/h2-9,20,24,33H,10-16,18H2,1H3/t24-,29+/m0/s1. The second-order valence-corrected chi connectivity index (χ2v) is 10.7. The molecule has 2 aliphatic heterocycles. The van der Waals surface area contributed by atoms with Crippen molar-refractivity contribution in [1.29, 1.82) is 5.26 Å². The lowest BCUT2D eigenvalue weighted by Crippen LogP contribution is -2.62. The van der Waals surface area contributed by atoms with Gasteiger partial charge in [-0.15, -0.1) is 0 Å². The van der Waals surface area contributed by atoms with E-state index in [-0.39, 0.29) is 24.0 Å². The van der Waals surface area contributed by atoms with Gasteiger partial charge in [0.25, 0.3) is 0 Å². The fourth-order valence-electron chi connectivity index (χ4n) is 5.90. The zero-order valence-electron chi connectivity index (χ0n) is 21.7. The van der Waals surface area contributed by atoms with E-state index >= 15 is 0 Å². The Balaban J connectivity index is 1.41. The highest BCUT2D eigenvalue weighted by atomic mass is 19.1. The number of nitriles is 1. The Morgan fingerprint density at radius 3 is 2.18 bits per heavy atom. The highest BCUT2D eigenvalue weighted by Crippen LogP contribution is 2.47. The smallest absolute Gasteiger partial charge is 0.410 e. The largest absolute Gasteiger partial charge is 0.415 e. The van der Waals surface area contributed by atoms with Gasteiger partial charge in [0.1, 0.15) is 28.3 Å². The Labute approximate surface area is 225 Å². The van der Waals surface area contributed by atoms with Gasteiger partial charge in [0.15, 0.2) is 5.78 Å². The van der Waals surface area contributed by atoms with E-state index in [2.05, 4.69) is 11.4 Å². The Morgan fingerprint density at radius 2 is 1.62 bits per heavy atom. The molecule has 2 aromatic carbocycles. The number of rotatable bonds is 6. The zero-order valence-corrected chi connectivity index (χ0v) is 21.7. The maximum absolute atomic E-state index is 14.4. The quantitative estimate of drug-likeness (QED) is 0.605. The van der Waals surface area contributed by atoms with Crippen molar-refractivity contribution in [3.8, 4) is 11.8 Å². The number of benzene rings is 2. The number of amides is 2. The summed E-state index contributed by atoms with van der Waals surface area (Å²) in [7, 11) is 1.51. The zero-order chi connectivity index (χ0) is 27.8. The molecular formula is C29H30F2N4O4. The molecule has 3 fully saturated rings. The molecule has 0 unspecified atom stereocenters. The summed E-state index contributed by atoms with van der Waals surface area (Å²) in [5, 5.41) is 12.7. The molecule has 3 aliphatic rings. The van der Waals surface area contributed by atoms with Crippen LogP contribution >= 0.6 is 0 Å². The van der Waals surface area contributed by atoms with Crippen molar-refractivity contribution in [2.45, 2.75) is 37.1 Å². The number of likely N-dealkylation sites (tertiary alicyclic amines) is 1. The van der Waals surface area contributed by atoms with Crippen LogP contribution in [0.15, 0.2) is 48.5 Å². The molecule has 2 heterocycles. The molecule has 2 saturated heterocycles. The van der Waals surface area contributed by atoms with Gasteiger partial charge in [0, 0.05) is 45.1 Å². The number of likely N-dealkylation sites (N-methyl/N-ethyl adjacent to an activating group) is 1. The second-order valence-electron chi connectivity index (χ2n) is 10.7. The number of carbonyl (C=O) groups is 3. The van der Waals surface area contributed by atoms with E-state index in [9.17, 15) is 28.4 Å². The van der Waals surface area contributed by atoms with Gasteiger partial charge >= 0.3 is 6.09 Å². The van der Waals surface area contributed by atoms with Crippen LogP contribution in [-0.2, 0) is 9.59 Å². The van der Waals surface area contributed by atoms with Gasteiger partial charge in [-0.2, -0.15) is 5.26 Å². The minimum Gasteiger partial charge on any atom is -0.410 e. The van der Waals surface area contributed by atoms with E-state index in [0.29, 0.717) is 50.9 Å². The van der Waals surface area contributed by atoms with Crippen LogP contribution in [0.1, 0.15) is 37.2 Å². The number of nitrogens with zero attached hydrogens (tertiary/aromatic N) is 3. The first-order valence-electron chi connectivity index (χ1n) is 13.1. The normalized spacial score (nSPS) is 24.1. The van der Waals surface area contributed by atoms with E-state index in [1.807, 2.05) is 0 Å². The molecule has 1 N–H and O–H groups in total. The number of ketones is 1. The molecule has 0 spiro atoms. The van der Waals surface area contributed by atoms with Crippen LogP contribution in [0.5, 0.6) is 5.75 Å². The highest BCUT2D eigenvalue weighted by Gasteiger charge is 2.57. The van der Waals surface area contributed by atoms with Crippen LogP contribution in [0.4, 0.5) is 13.6 Å². The van der Waals surface area contributed by atoms with Crippen LogP contribution in [0, 0.1) is 34.3 Å². The molecular weight excluding hydrogens is 506 g/mol. The van der Waals surface area contributed by atoms with Crippen LogP contribution in [-0.4, -0.2) is 66.3 Å². The third kappa shape index (κ3) is 4.87. The van der Waals surface area contributed by atoms with Gasteiger partial charge in [-0.3, -0.25) is 14.5 Å². The Kier molecular flexibility index (Phi) is 7.12.